The second kappa shape index (κ2) is 5.96. The van der Waals surface area contributed by atoms with Crippen molar-refractivity contribution in [2.24, 2.45) is 5.92 Å². The number of nitrogens with one attached hydrogen (secondary N) is 1. The number of benzene rings is 1. The third-order valence-corrected chi connectivity index (χ3v) is 4.71. The maximum atomic E-state index is 12.7. The molecule has 23 heavy (non-hydrogen) atoms. The molecule has 0 aliphatic heterocycles. The van der Waals surface area contributed by atoms with E-state index in [4.69, 9.17) is 0 Å². The SMILES string of the molecule is Cc1nc(Cc2cccc(C(F)(F)F)c2)sc1NC(=O)C1CC1. The summed E-state index contributed by atoms with van der Waals surface area (Å²) < 4.78 is 38.2. The Morgan fingerprint density at radius 3 is 2.78 bits per heavy atom. The van der Waals surface area contributed by atoms with Crippen LogP contribution < -0.4 is 5.32 Å². The first-order valence-corrected chi connectivity index (χ1v) is 8.08. The van der Waals surface area contributed by atoms with E-state index in [1.54, 1.807) is 13.0 Å². The average Bonchev–Trinajstić information content (AvgIpc) is 3.25. The summed E-state index contributed by atoms with van der Waals surface area (Å²) in [4.78, 5) is 16.1. The average molecular weight is 340 g/mol. The van der Waals surface area contributed by atoms with Gasteiger partial charge in [0.25, 0.3) is 0 Å². The normalized spacial score (nSPS) is 14.8. The van der Waals surface area contributed by atoms with Crippen molar-refractivity contribution in [3.8, 4) is 0 Å². The molecular weight excluding hydrogens is 325 g/mol. The van der Waals surface area contributed by atoms with Crippen molar-refractivity contribution in [2.45, 2.75) is 32.4 Å². The standard InChI is InChI=1S/C16H15F3N2OS/c1-9-15(21-14(22)11-5-6-11)23-13(20-9)8-10-3-2-4-12(7-10)16(17,18)19/h2-4,7,11H,5-6,8H2,1H3,(H,21,22). The van der Waals surface area contributed by atoms with Crippen molar-refractivity contribution in [2.75, 3.05) is 5.32 Å². The van der Waals surface area contributed by atoms with Crippen LogP contribution in [0, 0.1) is 12.8 Å². The van der Waals surface area contributed by atoms with Crippen molar-refractivity contribution in [1.82, 2.24) is 4.98 Å². The second-order valence-electron chi connectivity index (χ2n) is 5.66. The molecule has 1 heterocycles. The zero-order valence-corrected chi connectivity index (χ0v) is 13.2. The van der Waals surface area contributed by atoms with E-state index in [0.717, 1.165) is 25.0 Å². The Hall–Kier alpha value is -1.89. The number of alkyl halides is 3. The predicted molar refractivity (Wildman–Crippen MR) is 82.5 cm³/mol. The van der Waals surface area contributed by atoms with Crippen molar-refractivity contribution in [3.05, 3.63) is 46.1 Å². The van der Waals surface area contributed by atoms with Gasteiger partial charge in [0.05, 0.1) is 16.3 Å². The highest BCUT2D eigenvalue weighted by Gasteiger charge is 2.31. The lowest BCUT2D eigenvalue weighted by Gasteiger charge is -2.07. The fourth-order valence-corrected chi connectivity index (χ4v) is 3.24. The van der Waals surface area contributed by atoms with E-state index in [2.05, 4.69) is 10.3 Å². The number of rotatable bonds is 4. The van der Waals surface area contributed by atoms with E-state index in [-0.39, 0.29) is 11.8 Å². The molecule has 1 N–H and O–H groups in total. The molecule has 1 fully saturated rings. The molecule has 1 saturated carbocycles. The minimum absolute atomic E-state index is 0.00219. The smallest absolute Gasteiger partial charge is 0.316 e. The first-order chi connectivity index (χ1) is 10.8. The summed E-state index contributed by atoms with van der Waals surface area (Å²) in [7, 11) is 0. The highest BCUT2D eigenvalue weighted by atomic mass is 32.1. The van der Waals surface area contributed by atoms with Crippen LogP contribution >= 0.6 is 11.3 Å². The Morgan fingerprint density at radius 2 is 2.13 bits per heavy atom. The molecule has 1 amide bonds. The highest BCUT2D eigenvalue weighted by molar-refractivity contribution is 7.16. The molecule has 1 aliphatic carbocycles. The van der Waals surface area contributed by atoms with Gasteiger partial charge in [-0.3, -0.25) is 4.79 Å². The number of thiazole rings is 1. The molecule has 3 rings (SSSR count). The summed E-state index contributed by atoms with van der Waals surface area (Å²) in [6.45, 7) is 1.79. The number of nitrogens with zero attached hydrogens (tertiary/aromatic N) is 1. The van der Waals surface area contributed by atoms with Gasteiger partial charge in [0, 0.05) is 12.3 Å². The fourth-order valence-electron chi connectivity index (χ4n) is 2.24. The molecule has 0 spiro atoms. The minimum atomic E-state index is -4.35. The molecule has 0 saturated heterocycles. The summed E-state index contributed by atoms with van der Waals surface area (Å²) in [5.74, 6) is 0.103. The molecular formula is C16H15F3N2OS. The molecule has 1 aliphatic rings. The quantitative estimate of drug-likeness (QED) is 0.896. The van der Waals surface area contributed by atoms with E-state index in [9.17, 15) is 18.0 Å². The lowest BCUT2D eigenvalue weighted by atomic mass is 10.1. The number of aromatic nitrogens is 1. The van der Waals surface area contributed by atoms with Crippen molar-refractivity contribution in [1.29, 1.82) is 0 Å². The van der Waals surface area contributed by atoms with Gasteiger partial charge in [-0.15, -0.1) is 11.3 Å². The zero-order chi connectivity index (χ0) is 16.6. The van der Waals surface area contributed by atoms with E-state index in [0.29, 0.717) is 27.7 Å². The van der Waals surface area contributed by atoms with E-state index >= 15 is 0 Å². The number of hydrogen-bond acceptors (Lipinski definition) is 3. The van der Waals surface area contributed by atoms with Crippen LogP contribution in [0.3, 0.4) is 0 Å². The fraction of sp³-hybridized carbons (Fsp3) is 0.375. The highest BCUT2D eigenvalue weighted by Crippen LogP contribution is 2.33. The number of carbonyl (C=O) groups is 1. The van der Waals surface area contributed by atoms with Gasteiger partial charge in [0.15, 0.2) is 0 Å². The summed E-state index contributed by atoms with van der Waals surface area (Å²) in [6, 6.07) is 5.24. The number of halogens is 3. The zero-order valence-electron chi connectivity index (χ0n) is 12.4. The van der Waals surface area contributed by atoms with Crippen molar-refractivity contribution < 1.29 is 18.0 Å². The van der Waals surface area contributed by atoms with E-state index in [1.807, 2.05) is 0 Å². The first-order valence-electron chi connectivity index (χ1n) is 7.26. The van der Waals surface area contributed by atoms with Crippen LogP contribution in [-0.2, 0) is 17.4 Å². The minimum Gasteiger partial charge on any atom is -0.316 e. The maximum absolute atomic E-state index is 12.7. The molecule has 7 heteroatoms. The Kier molecular flexibility index (Phi) is 4.14. The molecule has 1 aromatic carbocycles. The Bertz CT molecular complexity index is 735. The Morgan fingerprint density at radius 1 is 1.39 bits per heavy atom. The van der Waals surface area contributed by atoms with Gasteiger partial charge in [-0.05, 0) is 31.4 Å². The van der Waals surface area contributed by atoms with E-state index in [1.165, 1.54) is 17.4 Å². The molecule has 0 radical (unpaired) electrons. The summed E-state index contributed by atoms with van der Waals surface area (Å²) in [6.07, 6.45) is -2.20. The first kappa shape index (κ1) is 16.0. The van der Waals surface area contributed by atoms with Crippen molar-refractivity contribution >= 4 is 22.2 Å². The van der Waals surface area contributed by atoms with Gasteiger partial charge < -0.3 is 5.32 Å². The molecule has 122 valence electrons. The number of amides is 1. The van der Waals surface area contributed by atoms with Crippen LogP contribution in [0.4, 0.5) is 18.2 Å². The van der Waals surface area contributed by atoms with Crippen molar-refractivity contribution in [3.63, 3.8) is 0 Å². The van der Waals surface area contributed by atoms with Gasteiger partial charge in [-0.25, -0.2) is 4.98 Å². The lowest BCUT2D eigenvalue weighted by molar-refractivity contribution is -0.137. The molecule has 1 aromatic heterocycles. The van der Waals surface area contributed by atoms with Gasteiger partial charge >= 0.3 is 6.18 Å². The summed E-state index contributed by atoms with van der Waals surface area (Å²) in [5, 5.41) is 4.22. The summed E-state index contributed by atoms with van der Waals surface area (Å²) >= 11 is 1.32. The van der Waals surface area contributed by atoms with Gasteiger partial charge in [0.2, 0.25) is 5.91 Å². The van der Waals surface area contributed by atoms with Crippen LogP contribution in [0.15, 0.2) is 24.3 Å². The van der Waals surface area contributed by atoms with E-state index < -0.39 is 11.7 Å². The monoisotopic (exact) mass is 340 g/mol. The number of anilines is 1. The Labute approximate surface area is 135 Å². The van der Waals surface area contributed by atoms with Gasteiger partial charge in [0.1, 0.15) is 5.00 Å². The molecule has 3 nitrogen and oxygen atoms in total. The molecule has 2 aromatic rings. The van der Waals surface area contributed by atoms with Gasteiger partial charge in [-0.2, -0.15) is 13.2 Å². The number of carbonyl (C=O) groups excluding carboxylic acids is 1. The Balaban J connectivity index is 1.74. The van der Waals surface area contributed by atoms with Crippen LogP contribution in [0.1, 0.15) is 34.7 Å². The maximum Gasteiger partial charge on any atom is 0.416 e. The molecule has 0 unspecified atom stereocenters. The van der Waals surface area contributed by atoms with Crippen LogP contribution in [0.25, 0.3) is 0 Å². The van der Waals surface area contributed by atoms with Crippen LogP contribution in [0.5, 0.6) is 0 Å². The lowest BCUT2D eigenvalue weighted by Crippen LogP contribution is -2.12. The second-order valence-corrected chi connectivity index (χ2v) is 6.74. The third-order valence-electron chi connectivity index (χ3n) is 3.64. The van der Waals surface area contributed by atoms with Gasteiger partial charge in [-0.1, -0.05) is 18.2 Å². The largest absolute Gasteiger partial charge is 0.416 e. The summed E-state index contributed by atoms with van der Waals surface area (Å²) in [5.41, 5.74) is 0.588. The number of hydrogen-bond donors (Lipinski definition) is 1. The number of aryl methyl sites for hydroxylation is 1. The molecule has 0 atom stereocenters. The van der Waals surface area contributed by atoms with Crippen LogP contribution in [0.2, 0.25) is 0 Å². The molecule has 0 bridgehead atoms. The third kappa shape index (κ3) is 3.90. The topological polar surface area (TPSA) is 42.0 Å². The predicted octanol–water partition coefficient (Wildman–Crippen LogP) is 4.41. The van der Waals surface area contributed by atoms with Crippen LogP contribution in [-0.4, -0.2) is 10.9 Å².